The smallest absolute Gasteiger partial charge is 0.178 e. The lowest BCUT2D eigenvalue weighted by Gasteiger charge is -2.06. The molecule has 21 heavy (non-hydrogen) atoms. The van der Waals surface area contributed by atoms with Gasteiger partial charge in [-0.15, -0.1) is 0 Å². The molecule has 1 rings (SSSR count). The van der Waals surface area contributed by atoms with E-state index >= 15 is 0 Å². The number of hydrogen-bond acceptors (Lipinski definition) is 6. The van der Waals surface area contributed by atoms with Crippen molar-refractivity contribution in [1.82, 2.24) is 5.32 Å². The van der Waals surface area contributed by atoms with Gasteiger partial charge in [0.15, 0.2) is 19.7 Å². The SMILES string of the molecule is COCCNCCCS(=O)(=O)c1ccc(S(C)(=O)=O)cc1. The fraction of sp³-hybridized carbons (Fsp3) is 0.538. The maximum Gasteiger partial charge on any atom is 0.178 e. The Morgan fingerprint density at radius 3 is 2.10 bits per heavy atom. The summed E-state index contributed by atoms with van der Waals surface area (Å²) in [4.78, 5) is 0.259. The molecule has 1 N–H and O–H groups in total. The zero-order valence-corrected chi connectivity index (χ0v) is 13.8. The van der Waals surface area contributed by atoms with E-state index in [1.807, 2.05) is 0 Å². The molecule has 0 fully saturated rings. The first-order chi connectivity index (χ1) is 9.77. The van der Waals surface area contributed by atoms with Crippen LogP contribution in [0.15, 0.2) is 34.1 Å². The van der Waals surface area contributed by atoms with Gasteiger partial charge in [-0.2, -0.15) is 0 Å². The zero-order valence-electron chi connectivity index (χ0n) is 12.2. The molecule has 0 bridgehead atoms. The normalized spacial score (nSPS) is 12.5. The number of methoxy groups -OCH3 is 1. The molecule has 0 aliphatic heterocycles. The Labute approximate surface area is 126 Å². The number of nitrogens with one attached hydrogen (secondary N) is 1. The van der Waals surface area contributed by atoms with Crippen molar-refractivity contribution in [2.45, 2.75) is 16.2 Å². The van der Waals surface area contributed by atoms with Crippen LogP contribution in [0.5, 0.6) is 0 Å². The minimum absolute atomic E-state index is 0.0191. The van der Waals surface area contributed by atoms with Crippen LogP contribution >= 0.6 is 0 Å². The summed E-state index contributed by atoms with van der Waals surface area (Å²) in [6.45, 7) is 1.85. The van der Waals surface area contributed by atoms with Crippen molar-refractivity contribution in [1.29, 1.82) is 0 Å². The molecule has 6 nitrogen and oxygen atoms in total. The van der Waals surface area contributed by atoms with E-state index in [2.05, 4.69) is 5.32 Å². The summed E-state index contributed by atoms with van der Waals surface area (Å²) in [6.07, 6.45) is 1.57. The molecule has 0 atom stereocenters. The molecule has 0 unspecified atom stereocenters. The molecule has 0 saturated carbocycles. The van der Waals surface area contributed by atoms with Crippen LogP contribution in [0.1, 0.15) is 6.42 Å². The standard InChI is InChI=1S/C13H21NO5S2/c1-19-10-9-14-8-3-11-21(17,18)13-6-4-12(5-7-13)20(2,15)16/h4-7,14H,3,8-11H2,1-2H3. The first-order valence-corrected chi connectivity index (χ1v) is 10.0. The lowest BCUT2D eigenvalue weighted by atomic mass is 10.4. The summed E-state index contributed by atoms with van der Waals surface area (Å²) >= 11 is 0. The van der Waals surface area contributed by atoms with Crippen molar-refractivity contribution in [3.05, 3.63) is 24.3 Å². The first-order valence-electron chi connectivity index (χ1n) is 6.50. The maximum atomic E-state index is 12.1. The zero-order chi connectivity index (χ0) is 15.9. The van der Waals surface area contributed by atoms with Crippen LogP contribution in [0.25, 0.3) is 0 Å². The predicted octanol–water partition coefficient (Wildman–Crippen LogP) is 0.490. The van der Waals surface area contributed by atoms with Crippen LogP contribution < -0.4 is 5.32 Å². The highest BCUT2D eigenvalue weighted by molar-refractivity contribution is 7.91. The summed E-state index contributed by atoms with van der Waals surface area (Å²) in [5.74, 6) is 0.0191. The predicted molar refractivity (Wildman–Crippen MR) is 81.0 cm³/mol. The van der Waals surface area contributed by atoms with Crippen molar-refractivity contribution in [3.8, 4) is 0 Å². The molecule has 0 aromatic heterocycles. The highest BCUT2D eigenvalue weighted by Crippen LogP contribution is 2.16. The van der Waals surface area contributed by atoms with Gasteiger partial charge in [0.05, 0.1) is 22.2 Å². The third-order valence-corrected chi connectivity index (χ3v) is 5.81. The van der Waals surface area contributed by atoms with Crippen LogP contribution in [-0.4, -0.2) is 55.7 Å². The average Bonchev–Trinajstić information content (AvgIpc) is 2.42. The van der Waals surface area contributed by atoms with E-state index in [9.17, 15) is 16.8 Å². The fourth-order valence-electron chi connectivity index (χ4n) is 1.70. The molecule has 1 aromatic rings. The Hall–Kier alpha value is -0.960. The van der Waals surface area contributed by atoms with Gasteiger partial charge >= 0.3 is 0 Å². The topological polar surface area (TPSA) is 89.5 Å². The average molecular weight is 335 g/mol. The highest BCUT2D eigenvalue weighted by atomic mass is 32.2. The second-order valence-corrected chi connectivity index (χ2v) is 8.78. The Morgan fingerprint density at radius 2 is 1.57 bits per heavy atom. The molecule has 0 spiro atoms. The van der Waals surface area contributed by atoms with Gasteiger partial charge in [0.25, 0.3) is 0 Å². The summed E-state index contributed by atoms with van der Waals surface area (Å²) in [5.41, 5.74) is 0. The van der Waals surface area contributed by atoms with E-state index in [0.29, 0.717) is 26.1 Å². The number of ether oxygens (including phenoxy) is 1. The van der Waals surface area contributed by atoms with Gasteiger partial charge in [-0.05, 0) is 37.2 Å². The molecule has 0 saturated heterocycles. The molecule has 1 aromatic carbocycles. The van der Waals surface area contributed by atoms with E-state index in [1.54, 1.807) is 7.11 Å². The van der Waals surface area contributed by atoms with Crippen LogP contribution in [0.2, 0.25) is 0 Å². The molecular formula is C13H21NO5S2. The van der Waals surface area contributed by atoms with Gasteiger partial charge in [0, 0.05) is 19.9 Å². The van der Waals surface area contributed by atoms with Gasteiger partial charge in [0.2, 0.25) is 0 Å². The summed E-state index contributed by atoms with van der Waals surface area (Å²) in [7, 11) is -5.09. The molecule has 0 aliphatic carbocycles. The molecule has 0 heterocycles. The Balaban J connectivity index is 2.58. The second kappa shape index (κ2) is 7.88. The highest BCUT2D eigenvalue weighted by Gasteiger charge is 2.15. The van der Waals surface area contributed by atoms with Crippen LogP contribution in [-0.2, 0) is 24.4 Å². The second-order valence-electron chi connectivity index (χ2n) is 4.66. The fourth-order valence-corrected chi connectivity index (χ4v) is 3.64. The van der Waals surface area contributed by atoms with E-state index < -0.39 is 19.7 Å². The van der Waals surface area contributed by atoms with Gasteiger partial charge in [-0.1, -0.05) is 0 Å². The number of benzene rings is 1. The quantitative estimate of drug-likeness (QED) is 0.661. The van der Waals surface area contributed by atoms with E-state index in [4.69, 9.17) is 4.74 Å². The van der Waals surface area contributed by atoms with E-state index in [1.165, 1.54) is 24.3 Å². The molecule has 0 aliphatic rings. The Kier molecular flexibility index (Phi) is 6.79. The van der Waals surface area contributed by atoms with Crippen LogP contribution in [0.4, 0.5) is 0 Å². The molecule has 0 radical (unpaired) electrons. The van der Waals surface area contributed by atoms with E-state index in [0.717, 1.165) is 6.26 Å². The molecule has 0 amide bonds. The number of hydrogen-bond donors (Lipinski definition) is 1. The monoisotopic (exact) mass is 335 g/mol. The summed E-state index contributed by atoms with van der Waals surface area (Å²) in [6, 6.07) is 5.31. The van der Waals surface area contributed by atoms with Gasteiger partial charge in [-0.25, -0.2) is 16.8 Å². The van der Waals surface area contributed by atoms with Crippen molar-refractivity contribution in [3.63, 3.8) is 0 Å². The largest absolute Gasteiger partial charge is 0.383 e. The summed E-state index contributed by atoms with van der Waals surface area (Å²) < 4.78 is 51.7. The van der Waals surface area contributed by atoms with Crippen LogP contribution in [0, 0.1) is 0 Å². The molecular weight excluding hydrogens is 314 g/mol. The van der Waals surface area contributed by atoms with Gasteiger partial charge < -0.3 is 10.1 Å². The minimum atomic E-state index is -3.38. The van der Waals surface area contributed by atoms with Gasteiger partial charge in [0.1, 0.15) is 0 Å². The molecule has 120 valence electrons. The first kappa shape index (κ1) is 18.1. The van der Waals surface area contributed by atoms with E-state index in [-0.39, 0.29) is 15.5 Å². The van der Waals surface area contributed by atoms with Crippen LogP contribution in [0.3, 0.4) is 0 Å². The maximum absolute atomic E-state index is 12.1. The van der Waals surface area contributed by atoms with Crippen molar-refractivity contribution >= 4 is 19.7 Å². The van der Waals surface area contributed by atoms with Gasteiger partial charge in [-0.3, -0.25) is 0 Å². The summed E-state index contributed by atoms with van der Waals surface area (Å²) in [5, 5.41) is 3.07. The Morgan fingerprint density at radius 1 is 1.00 bits per heavy atom. The van der Waals surface area contributed by atoms with Crippen molar-refractivity contribution in [2.24, 2.45) is 0 Å². The lowest BCUT2D eigenvalue weighted by Crippen LogP contribution is -2.22. The molecule has 8 heteroatoms. The van der Waals surface area contributed by atoms with Crippen molar-refractivity contribution < 1.29 is 21.6 Å². The van der Waals surface area contributed by atoms with Crippen molar-refractivity contribution in [2.75, 3.05) is 38.8 Å². The minimum Gasteiger partial charge on any atom is -0.383 e. The third kappa shape index (κ3) is 6.13. The number of sulfone groups is 2. The third-order valence-electron chi connectivity index (χ3n) is 2.86. The lowest BCUT2D eigenvalue weighted by molar-refractivity contribution is 0.199. The number of rotatable bonds is 9. The Bertz CT molecular complexity index is 636.